The van der Waals surface area contributed by atoms with E-state index in [0.717, 1.165) is 12.2 Å². The lowest BCUT2D eigenvalue weighted by Gasteiger charge is -2.12. The maximum atomic E-state index is 4.06. The van der Waals surface area contributed by atoms with Crippen LogP contribution in [0.1, 0.15) is 34.0 Å². The van der Waals surface area contributed by atoms with Crippen LogP contribution in [-0.2, 0) is 13.6 Å². The second kappa shape index (κ2) is 4.98. The molecule has 0 aliphatic rings. The van der Waals surface area contributed by atoms with E-state index in [-0.39, 0.29) is 0 Å². The Balaban J connectivity index is 1.97. The fraction of sp³-hybridized carbons (Fsp3) is 0.500. The minimum atomic E-state index is 0.349. The SMILES string of the molecule is Cc1cc(C(C)NCc2cn(C)nn2)c(C)s1. The number of hydrogen-bond donors (Lipinski definition) is 1. The van der Waals surface area contributed by atoms with Crippen LogP contribution in [0.5, 0.6) is 0 Å². The molecule has 17 heavy (non-hydrogen) atoms. The van der Waals surface area contributed by atoms with Crippen molar-refractivity contribution < 1.29 is 0 Å². The minimum Gasteiger partial charge on any atom is -0.304 e. The highest BCUT2D eigenvalue weighted by molar-refractivity contribution is 7.12. The van der Waals surface area contributed by atoms with Crippen LogP contribution in [0.2, 0.25) is 0 Å². The van der Waals surface area contributed by atoms with Crippen LogP contribution in [0.15, 0.2) is 12.3 Å². The van der Waals surface area contributed by atoms with Gasteiger partial charge in [-0.2, -0.15) is 0 Å². The summed E-state index contributed by atoms with van der Waals surface area (Å²) >= 11 is 1.85. The summed E-state index contributed by atoms with van der Waals surface area (Å²) in [4.78, 5) is 2.76. The van der Waals surface area contributed by atoms with Crippen molar-refractivity contribution in [3.8, 4) is 0 Å². The Morgan fingerprint density at radius 3 is 2.76 bits per heavy atom. The summed E-state index contributed by atoms with van der Waals surface area (Å²) in [6, 6.07) is 2.61. The van der Waals surface area contributed by atoms with Gasteiger partial charge in [0.2, 0.25) is 0 Å². The van der Waals surface area contributed by atoms with E-state index in [2.05, 4.69) is 42.5 Å². The lowest BCUT2D eigenvalue weighted by atomic mass is 10.1. The molecule has 0 fully saturated rings. The summed E-state index contributed by atoms with van der Waals surface area (Å²) in [6.45, 7) is 7.26. The van der Waals surface area contributed by atoms with Gasteiger partial charge in [-0.05, 0) is 32.4 Å². The predicted octanol–water partition coefficient (Wildman–Crippen LogP) is 2.34. The lowest BCUT2D eigenvalue weighted by molar-refractivity contribution is 0.566. The van der Waals surface area contributed by atoms with Crippen LogP contribution in [0.4, 0.5) is 0 Å². The second-order valence-electron chi connectivity index (χ2n) is 4.35. The van der Waals surface area contributed by atoms with Crippen LogP contribution in [-0.4, -0.2) is 15.0 Å². The molecule has 0 spiro atoms. The zero-order chi connectivity index (χ0) is 12.4. The van der Waals surface area contributed by atoms with Gasteiger partial charge in [0.15, 0.2) is 0 Å². The molecule has 1 N–H and O–H groups in total. The molecule has 2 aromatic heterocycles. The molecule has 0 amide bonds. The third-order valence-corrected chi connectivity index (χ3v) is 3.77. The van der Waals surface area contributed by atoms with Gasteiger partial charge in [-0.25, -0.2) is 0 Å². The first kappa shape index (κ1) is 12.3. The van der Waals surface area contributed by atoms with E-state index >= 15 is 0 Å². The van der Waals surface area contributed by atoms with Gasteiger partial charge in [0.25, 0.3) is 0 Å². The van der Waals surface area contributed by atoms with Crippen molar-refractivity contribution >= 4 is 11.3 Å². The van der Waals surface area contributed by atoms with Crippen molar-refractivity contribution in [3.63, 3.8) is 0 Å². The van der Waals surface area contributed by atoms with Crippen LogP contribution < -0.4 is 5.32 Å². The van der Waals surface area contributed by atoms with E-state index in [1.165, 1.54) is 15.3 Å². The highest BCUT2D eigenvalue weighted by atomic mass is 32.1. The smallest absolute Gasteiger partial charge is 0.0964 e. The number of thiophene rings is 1. The maximum Gasteiger partial charge on any atom is 0.0964 e. The van der Waals surface area contributed by atoms with E-state index in [4.69, 9.17) is 0 Å². The largest absolute Gasteiger partial charge is 0.304 e. The quantitative estimate of drug-likeness (QED) is 0.905. The van der Waals surface area contributed by atoms with Crippen molar-refractivity contribution in [2.75, 3.05) is 0 Å². The van der Waals surface area contributed by atoms with Crippen molar-refractivity contribution in [1.29, 1.82) is 0 Å². The molecule has 92 valence electrons. The molecule has 2 heterocycles. The molecule has 0 radical (unpaired) electrons. The van der Waals surface area contributed by atoms with Gasteiger partial charge < -0.3 is 5.32 Å². The molecule has 2 rings (SSSR count). The van der Waals surface area contributed by atoms with Gasteiger partial charge in [-0.3, -0.25) is 4.68 Å². The summed E-state index contributed by atoms with van der Waals surface area (Å²) in [6.07, 6.45) is 1.94. The van der Waals surface area contributed by atoms with E-state index < -0.39 is 0 Å². The number of aryl methyl sites for hydroxylation is 3. The highest BCUT2D eigenvalue weighted by Crippen LogP contribution is 2.26. The first-order chi connectivity index (χ1) is 8.06. The van der Waals surface area contributed by atoms with E-state index in [9.17, 15) is 0 Å². The van der Waals surface area contributed by atoms with Gasteiger partial charge in [-0.1, -0.05) is 5.21 Å². The Morgan fingerprint density at radius 1 is 1.47 bits per heavy atom. The molecule has 0 aromatic carbocycles. The minimum absolute atomic E-state index is 0.349. The van der Waals surface area contributed by atoms with Gasteiger partial charge in [0.1, 0.15) is 0 Å². The van der Waals surface area contributed by atoms with Gasteiger partial charge >= 0.3 is 0 Å². The Kier molecular flexibility index (Phi) is 3.59. The van der Waals surface area contributed by atoms with E-state index in [0.29, 0.717) is 6.04 Å². The number of aromatic nitrogens is 3. The highest BCUT2D eigenvalue weighted by Gasteiger charge is 2.11. The molecule has 2 aromatic rings. The fourth-order valence-corrected chi connectivity index (χ4v) is 2.95. The molecule has 4 nitrogen and oxygen atoms in total. The number of nitrogens with one attached hydrogen (secondary N) is 1. The molecule has 0 aliphatic heterocycles. The summed E-state index contributed by atoms with van der Waals surface area (Å²) in [5.74, 6) is 0. The molecule has 0 aliphatic carbocycles. The first-order valence-electron chi connectivity index (χ1n) is 5.72. The summed E-state index contributed by atoms with van der Waals surface area (Å²) in [5, 5.41) is 11.5. The standard InChI is InChI=1S/C12H18N4S/c1-8-5-12(10(3)17-8)9(2)13-6-11-7-16(4)15-14-11/h5,7,9,13H,6H2,1-4H3. The zero-order valence-electron chi connectivity index (χ0n) is 10.7. The monoisotopic (exact) mass is 250 g/mol. The first-order valence-corrected chi connectivity index (χ1v) is 6.53. The lowest BCUT2D eigenvalue weighted by Crippen LogP contribution is -2.18. The fourth-order valence-electron chi connectivity index (χ4n) is 1.92. The number of nitrogens with zero attached hydrogens (tertiary/aromatic N) is 3. The number of hydrogen-bond acceptors (Lipinski definition) is 4. The van der Waals surface area contributed by atoms with E-state index in [1.54, 1.807) is 4.68 Å². The Morgan fingerprint density at radius 2 is 2.24 bits per heavy atom. The Hall–Kier alpha value is -1.20. The average Bonchev–Trinajstić information content (AvgIpc) is 2.81. The number of rotatable bonds is 4. The van der Waals surface area contributed by atoms with Gasteiger partial charge in [0.05, 0.1) is 5.69 Å². The van der Waals surface area contributed by atoms with Crippen LogP contribution in [0.3, 0.4) is 0 Å². The Bertz CT molecular complexity index is 500. The van der Waals surface area contributed by atoms with Crippen molar-refractivity contribution in [1.82, 2.24) is 20.3 Å². The zero-order valence-corrected chi connectivity index (χ0v) is 11.5. The van der Waals surface area contributed by atoms with Gasteiger partial charge in [0, 0.05) is 35.6 Å². The van der Waals surface area contributed by atoms with E-state index in [1.807, 2.05) is 24.6 Å². The molecular weight excluding hydrogens is 232 g/mol. The molecule has 0 saturated heterocycles. The third kappa shape index (κ3) is 2.92. The second-order valence-corrected chi connectivity index (χ2v) is 5.82. The average molecular weight is 250 g/mol. The maximum absolute atomic E-state index is 4.06. The molecule has 1 atom stereocenters. The van der Waals surface area contributed by atoms with Crippen molar-refractivity contribution in [2.45, 2.75) is 33.4 Å². The summed E-state index contributed by atoms with van der Waals surface area (Å²) in [5.41, 5.74) is 2.36. The van der Waals surface area contributed by atoms with Crippen molar-refractivity contribution in [2.24, 2.45) is 7.05 Å². The molecule has 5 heteroatoms. The van der Waals surface area contributed by atoms with Crippen LogP contribution in [0, 0.1) is 13.8 Å². The molecule has 1 unspecified atom stereocenters. The predicted molar refractivity (Wildman–Crippen MR) is 70.1 cm³/mol. The topological polar surface area (TPSA) is 42.7 Å². The molecular formula is C12H18N4S. The molecule has 0 saturated carbocycles. The van der Waals surface area contributed by atoms with Crippen LogP contribution in [0.25, 0.3) is 0 Å². The summed E-state index contributed by atoms with van der Waals surface area (Å²) in [7, 11) is 1.88. The molecule has 0 bridgehead atoms. The third-order valence-electron chi connectivity index (χ3n) is 2.79. The van der Waals surface area contributed by atoms with Crippen LogP contribution >= 0.6 is 11.3 Å². The normalized spacial score (nSPS) is 12.9. The van der Waals surface area contributed by atoms with Gasteiger partial charge in [-0.15, -0.1) is 16.4 Å². The van der Waals surface area contributed by atoms with Crippen molar-refractivity contribution in [3.05, 3.63) is 33.3 Å². The summed E-state index contributed by atoms with van der Waals surface area (Å²) < 4.78 is 1.72. The Labute approximate surface area is 106 Å².